The van der Waals surface area contributed by atoms with E-state index in [0.29, 0.717) is 10.9 Å². The van der Waals surface area contributed by atoms with Crippen LogP contribution >= 0.6 is 0 Å². The number of rotatable bonds is 3. The smallest absolute Gasteiger partial charge is 0.155 e. The third-order valence-electron chi connectivity index (χ3n) is 2.73. The molecule has 0 radical (unpaired) electrons. The normalized spacial score (nSPS) is 15.8. The Balaban J connectivity index is 0.000000771. The summed E-state index contributed by atoms with van der Waals surface area (Å²) in [5, 5.41) is 0. The molecule has 0 unspecified atom stereocenters. The molecule has 1 saturated heterocycles. The molecule has 1 aromatic rings. The molecule has 1 aliphatic rings. The van der Waals surface area contributed by atoms with E-state index in [2.05, 4.69) is 25.1 Å². The standard InChI is InChI=1S/C13H19O2S.C2H6/c1-3-15-13-5-4-12(10-11(13)2)16-8-6-14-7-9-16;1-2/h4-5,10H,3,6-9H2,1-2H3;1-2H3/q+1;. The quantitative estimate of drug-likeness (QED) is 0.783. The molecule has 2 rings (SSSR count). The van der Waals surface area contributed by atoms with Gasteiger partial charge in [-0.05, 0) is 37.6 Å². The summed E-state index contributed by atoms with van der Waals surface area (Å²) in [4.78, 5) is 1.46. The lowest BCUT2D eigenvalue weighted by atomic mass is 10.2. The molecule has 2 nitrogen and oxygen atoms in total. The van der Waals surface area contributed by atoms with E-state index in [9.17, 15) is 0 Å². The Morgan fingerprint density at radius 2 is 1.89 bits per heavy atom. The van der Waals surface area contributed by atoms with E-state index in [0.717, 1.165) is 25.6 Å². The van der Waals surface area contributed by atoms with Crippen LogP contribution < -0.4 is 4.74 Å². The van der Waals surface area contributed by atoms with Crippen molar-refractivity contribution < 1.29 is 9.47 Å². The van der Waals surface area contributed by atoms with Gasteiger partial charge in [0, 0.05) is 10.9 Å². The van der Waals surface area contributed by atoms with Crippen LogP contribution in [0.3, 0.4) is 0 Å². The Bertz CT molecular complexity index is 346. The molecule has 18 heavy (non-hydrogen) atoms. The van der Waals surface area contributed by atoms with Gasteiger partial charge in [-0.1, -0.05) is 13.8 Å². The van der Waals surface area contributed by atoms with Gasteiger partial charge in [0.1, 0.15) is 17.3 Å². The number of ether oxygens (including phenoxy) is 2. The molecule has 1 fully saturated rings. The lowest BCUT2D eigenvalue weighted by molar-refractivity contribution is 0.159. The fourth-order valence-corrected chi connectivity index (χ4v) is 3.80. The van der Waals surface area contributed by atoms with E-state index in [-0.39, 0.29) is 0 Å². The predicted molar refractivity (Wildman–Crippen MR) is 79.9 cm³/mol. The first-order chi connectivity index (χ1) is 8.81. The van der Waals surface area contributed by atoms with Crippen LogP contribution in [0.4, 0.5) is 0 Å². The molecular weight excluding hydrogens is 244 g/mol. The fourth-order valence-electron chi connectivity index (χ4n) is 1.88. The van der Waals surface area contributed by atoms with Crippen molar-refractivity contribution in [1.82, 2.24) is 0 Å². The third kappa shape index (κ3) is 4.21. The minimum absolute atomic E-state index is 0.389. The van der Waals surface area contributed by atoms with Gasteiger partial charge < -0.3 is 9.47 Å². The van der Waals surface area contributed by atoms with Gasteiger partial charge in [-0.3, -0.25) is 0 Å². The van der Waals surface area contributed by atoms with Gasteiger partial charge in [-0.25, -0.2) is 0 Å². The van der Waals surface area contributed by atoms with Crippen LogP contribution in [0.5, 0.6) is 5.75 Å². The second-order valence-electron chi connectivity index (χ2n) is 3.87. The zero-order valence-corrected chi connectivity index (χ0v) is 12.8. The minimum atomic E-state index is 0.389. The zero-order chi connectivity index (χ0) is 13.4. The summed E-state index contributed by atoms with van der Waals surface area (Å²) < 4.78 is 11.0. The molecule has 0 N–H and O–H groups in total. The van der Waals surface area contributed by atoms with Crippen LogP contribution in [-0.2, 0) is 15.6 Å². The molecule has 0 spiro atoms. The molecule has 0 atom stereocenters. The van der Waals surface area contributed by atoms with E-state index >= 15 is 0 Å². The first-order valence-corrected chi connectivity index (χ1v) is 8.36. The van der Waals surface area contributed by atoms with E-state index in [1.165, 1.54) is 22.0 Å². The summed E-state index contributed by atoms with van der Waals surface area (Å²) in [6, 6.07) is 6.60. The molecule has 0 amide bonds. The van der Waals surface area contributed by atoms with Crippen molar-refractivity contribution in [3.63, 3.8) is 0 Å². The number of hydrogen-bond donors (Lipinski definition) is 0. The lowest BCUT2D eigenvalue weighted by Gasteiger charge is -2.15. The Morgan fingerprint density at radius 3 is 2.44 bits per heavy atom. The first kappa shape index (κ1) is 15.4. The van der Waals surface area contributed by atoms with Gasteiger partial charge in [0.25, 0.3) is 0 Å². The molecule has 0 saturated carbocycles. The van der Waals surface area contributed by atoms with Crippen LogP contribution in [-0.4, -0.2) is 31.3 Å². The van der Waals surface area contributed by atoms with Crippen molar-refractivity contribution in [2.45, 2.75) is 32.6 Å². The Kier molecular flexibility index (Phi) is 7.21. The van der Waals surface area contributed by atoms with Crippen molar-refractivity contribution in [3.8, 4) is 5.75 Å². The zero-order valence-electron chi connectivity index (χ0n) is 12.0. The highest BCUT2D eigenvalue weighted by atomic mass is 32.2. The molecule has 3 heteroatoms. The first-order valence-electron chi connectivity index (χ1n) is 6.80. The van der Waals surface area contributed by atoms with Gasteiger partial charge in [0.15, 0.2) is 4.90 Å². The summed E-state index contributed by atoms with van der Waals surface area (Å²) in [7, 11) is 0.389. The molecular formula is C15H25O2S+. The van der Waals surface area contributed by atoms with Gasteiger partial charge >= 0.3 is 0 Å². The largest absolute Gasteiger partial charge is 0.494 e. The van der Waals surface area contributed by atoms with Crippen molar-refractivity contribution in [3.05, 3.63) is 23.8 Å². The van der Waals surface area contributed by atoms with Crippen LogP contribution in [0, 0.1) is 6.92 Å². The maximum atomic E-state index is 5.56. The van der Waals surface area contributed by atoms with Crippen molar-refractivity contribution in [1.29, 1.82) is 0 Å². The van der Waals surface area contributed by atoms with E-state index in [4.69, 9.17) is 9.47 Å². The highest BCUT2D eigenvalue weighted by Crippen LogP contribution is 2.24. The molecule has 1 heterocycles. The van der Waals surface area contributed by atoms with Gasteiger partial charge in [0.2, 0.25) is 0 Å². The number of benzene rings is 1. The molecule has 0 aromatic heterocycles. The van der Waals surface area contributed by atoms with Gasteiger partial charge in [0.05, 0.1) is 19.8 Å². The van der Waals surface area contributed by atoms with Crippen LogP contribution in [0.15, 0.2) is 23.1 Å². The monoisotopic (exact) mass is 269 g/mol. The Hall–Kier alpha value is -0.670. The SMILES string of the molecule is CC.CCOc1ccc([S+]2CCOCC2)cc1C. The lowest BCUT2D eigenvalue weighted by Crippen LogP contribution is -2.26. The summed E-state index contributed by atoms with van der Waals surface area (Å²) in [5.74, 6) is 3.36. The molecule has 0 aliphatic carbocycles. The molecule has 0 bridgehead atoms. The summed E-state index contributed by atoms with van der Waals surface area (Å²) in [6.07, 6.45) is 0. The average Bonchev–Trinajstić information content (AvgIpc) is 2.44. The van der Waals surface area contributed by atoms with Crippen LogP contribution in [0.25, 0.3) is 0 Å². The summed E-state index contributed by atoms with van der Waals surface area (Å²) in [5.41, 5.74) is 1.25. The maximum Gasteiger partial charge on any atom is 0.155 e. The van der Waals surface area contributed by atoms with Crippen molar-refractivity contribution in [2.24, 2.45) is 0 Å². The molecule has 1 aromatic carbocycles. The summed E-state index contributed by atoms with van der Waals surface area (Å²) in [6.45, 7) is 10.7. The highest BCUT2D eigenvalue weighted by Gasteiger charge is 2.25. The van der Waals surface area contributed by atoms with E-state index in [1.54, 1.807) is 0 Å². The molecule has 1 aliphatic heterocycles. The van der Waals surface area contributed by atoms with E-state index < -0.39 is 0 Å². The number of hydrogen-bond acceptors (Lipinski definition) is 2. The molecule has 102 valence electrons. The van der Waals surface area contributed by atoms with Crippen LogP contribution in [0.2, 0.25) is 0 Å². The van der Waals surface area contributed by atoms with Crippen LogP contribution in [0.1, 0.15) is 26.3 Å². The Morgan fingerprint density at radius 1 is 1.22 bits per heavy atom. The fraction of sp³-hybridized carbons (Fsp3) is 0.600. The highest BCUT2D eigenvalue weighted by molar-refractivity contribution is 7.97. The predicted octanol–water partition coefficient (Wildman–Crippen LogP) is 3.43. The average molecular weight is 269 g/mol. The third-order valence-corrected chi connectivity index (χ3v) is 4.97. The maximum absolute atomic E-state index is 5.56. The summed E-state index contributed by atoms with van der Waals surface area (Å²) >= 11 is 0. The van der Waals surface area contributed by atoms with E-state index in [1.807, 2.05) is 20.8 Å². The minimum Gasteiger partial charge on any atom is -0.494 e. The number of aryl methyl sites for hydroxylation is 1. The second kappa shape index (κ2) is 8.44. The topological polar surface area (TPSA) is 18.5 Å². The van der Waals surface area contributed by atoms with Crippen molar-refractivity contribution >= 4 is 10.9 Å². The van der Waals surface area contributed by atoms with Gasteiger partial charge in [-0.15, -0.1) is 0 Å². The van der Waals surface area contributed by atoms with Gasteiger partial charge in [-0.2, -0.15) is 0 Å². The van der Waals surface area contributed by atoms with Crippen molar-refractivity contribution in [2.75, 3.05) is 31.3 Å². The second-order valence-corrected chi connectivity index (χ2v) is 6.15. The Labute approximate surface area is 114 Å².